The molecule has 0 aromatic carbocycles. The summed E-state index contributed by atoms with van der Waals surface area (Å²) in [5.41, 5.74) is 1.65. The van der Waals surface area contributed by atoms with E-state index >= 15 is 0 Å². The number of carbonyl (C=O) groups excluding carboxylic acids is 2. The topological polar surface area (TPSA) is 71.6 Å². The Morgan fingerprint density at radius 1 is 1.44 bits per heavy atom. The zero-order chi connectivity index (χ0) is 18.3. The monoisotopic (exact) mass is 343 g/mol. The average Bonchev–Trinajstić information content (AvgIpc) is 2.94. The first kappa shape index (κ1) is 17.1. The summed E-state index contributed by atoms with van der Waals surface area (Å²) in [5, 5.41) is 6.29. The van der Waals surface area contributed by atoms with Crippen molar-refractivity contribution in [3.63, 3.8) is 0 Å². The molecular formula is C17H23N6O2+. The first-order chi connectivity index (χ1) is 11.8. The van der Waals surface area contributed by atoms with E-state index in [9.17, 15) is 9.59 Å². The van der Waals surface area contributed by atoms with E-state index in [0.717, 1.165) is 11.3 Å². The highest BCUT2D eigenvalue weighted by Crippen LogP contribution is 2.23. The summed E-state index contributed by atoms with van der Waals surface area (Å²) in [6.07, 6.45) is 3.91. The molecule has 3 aliphatic rings. The molecule has 1 unspecified atom stereocenters. The standard InChI is InChI=1S/C17H23N6O2/c1-6-7-8-23-16-18-14-13(21(16)10-12(4)19-23)15(24)22(9-11(2)3)17(25)20(14)5/h6-7,13H,2,8-10H2,1,3-5H3/q+1/b7-6+. The highest BCUT2D eigenvalue weighted by atomic mass is 16.2. The molecule has 8 heteroatoms. The lowest BCUT2D eigenvalue weighted by Gasteiger charge is -2.34. The van der Waals surface area contributed by atoms with Crippen LogP contribution in [-0.2, 0) is 4.79 Å². The molecule has 0 aromatic heterocycles. The minimum absolute atomic E-state index is 0.213. The van der Waals surface area contributed by atoms with Gasteiger partial charge in [0.1, 0.15) is 13.1 Å². The maximum Gasteiger partial charge on any atom is 0.417 e. The van der Waals surface area contributed by atoms with E-state index in [4.69, 9.17) is 0 Å². The van der Waals surface area contributed by atoms with Crippen LogP contribution in [0.25, 0.3) is 0 Å². The molecular weight excluding hydrogens is 320 g/mol. The SMILES string of the molecule is C=C(C)CN1C(=O)C2C(=NC3=[N+]2CC(C)=NN3C/C=C/C)N(C)C1=O. The molecule has 3 amide bonds. The summed E-state index contributed by atoms with van der Waals surface area (Å²) in [4.78, 5) is 32.8. The van der Waals surface area contributed by atoms with Gasteiger partial charge >= 0.3 is 12.0 Å². The van der Waals surface area contributed by atoms with E-state index in [-0.39, 0.29) is 18.5 Å². The minimum atomic E-state index is -0.601. The highest BCUT2D eigenvalue weighted by molar-refractivity contribution is 6.23. The lowest BCUT2D eigenvalue weighted by Crippen LogP contribution is -2.63. The summed E-state index contributed by atoms with van der Waals surface area (Å²) < 4.78 is 1.91. The number of carbonyl (C=O) groups is 2. The van der Waals surface area contributed by atoms with Crippen LogP contribution in [0.3, 0.4) is 0 Å². The molecule has 25 heavy (non-hydrogen) atoms. The van der Waals surface area contributed by atoms with Crippen LogP contribution in [0.1, 0.15) is 20.8 Å². The van der Waals surface area contributed by atoms with Gasteiger partial charge in [-0.2, -0.15) is 0 Å². The zero-order valence-electron chi connectivity index (χ0n) is 15.1. The van der Waals surface area contributed by atoms with E-state index in [1.165, 1.54) is 9.80 Å². The van der Waals surface area contributed by atoms with Crippen molar-refractivity contribution in [1.29, 1.82) is 0 Å². The van der Waals surface area contributed by atoms with E-state index in [2.05, 4.69) is 16.7 Å². The first-order valence-corrected chi connectivity index (χ1v) is 8.23. The van der Waals surface area contributed by atoms with E-state index in [1.54, 1.807) is 19.0 Å². The molecule has 0 bridgehead atoms. The number of amidine groups is 1. The number of rotatable bonds is 4. The second-order valence-corrected chi connectivity index (χ2v) is 6.51. The minimum Gasteiger partial charge on any atom is -0.270 e. The average molecular weight is 343 g/mol. The second-order valence-electron chi connectivity index (χ2n) is 6.51. The number of urea groups is 1. The molecule has 0 aliphatic carbocycles. The molecule has 3 heterocycles. The largest absolute Gasteiger partial charge is 0.417 e. The summed E-state index contributed by atoms with van der Waals surface area (Å²) >= 11 is 0. The third kappa shape index (κ3) is 2.77. The van der Waals surface area contributed by atoms with Gasteiger partial charge in [0.15, 0.2) is 0 Å². The van der Waals surface area contributed by atoms with Gasteiger partial charge in [-0.15, -0.1) is 10.1 Å². The quantitative estimate of drug-likeness (QED) is 0.562. The van der Waals surface area contributed by atoms with Crippen LogP contribution in [0.15, 0.2) is 34.4 Å². The number of imide groups is 1. The molecule has 0 N–H and O–H groups in total. The molecule has 1 atom stereocenters. The Balaban J connectivity index is 2.00. The van der Waals surface area contributed by atoms with E-state index < -0.39 is 6.04 Å². The van der Waals surface area contributed by atoms with E-state index in [0.29, 0.717) is 24.9 Å². The van der Waals surface area contributed by atoms with Crippen molar-refractivity contribution in [3.05, 3.63) is 24.3 Å². The van der Waals surface area contributed by atoms with Gasteiger partial charge in [0.05, 0.1) is 12.3 Å². The van der Waals surface area contributed by atoms with Gasteiger partial charge in [0.25, 0.3) is 5.91 Å². The number of allylic oxidation sites excluding steroid dienone is 1. The van der Waals surface area contributed by atoms with Gasteiger partial charge in [0.2, 0.25) is 11.9 Å². The lowest BCUT2D eigenvalue weighted by atomic mass is 10.1. The molecule has 0 aromatic rings. The van der Waals surface area contributed by atoms with Crippen molar-refractivity contribution in [2.24, 2.45) is 10.1 Å². The number of nitrogens with zero attached hydrogens (tertiary/aromatic N) is 6. The van der Waals surface area contributed by atoms with Gasteiger partial charge in [-0.1, -0.05) is 29.3 Å². The van der Waals surface area contributed by atoms with Crippen molar-refractivity contribution >= 4 is 29.4 Å². The fraction of sp³-hybridized carbons (Fsp3) is 0.471. The number of aliphatic imine (C=N–C) groups is 1. The van der Waals surface area contributed by atoms with E-state index in [1.807, 2.05) is 30.6 Å². The van der Waals surface area contributed by atoms with Gasteiger partial charge in [0, 0.05) is 7.05 Å². The van der Waals surface area contributed by atoms with Gasteiger partial charge < -0.3 is 0 Å². The Hall–Kier alpha value is -2.77. The summed E-state index contributed by atoms with van der Waals surface area (Å²) in [7, 11) is 1.65. The molecule has 132 valence electrons. The molecule has 1 saturated heterocycles. The number of guanidine groups is 1. The molecule has 3 rings (SSSR count). The second kappa shape index (κ2) is 6.27. The fourth-order valence-electron chi connectivity index (χ4n) is 3.15. The lowest BCUT2D eigenvalue weighted by molar-refractivity contribution is -0.527. The highest BCUT2D eigenvalue weighted by Gasteiger charge is 2.54. The third-order valence-electron chi connectivity index (χ3n) is 4.25. The molecule has 8 nitrogen and oxygen atoms in total. The van der Waals surface area contributed by atoms with Crippen LogP contribution in [0.2, 0.25) is 0 Å². The van der Waals surface area contributed by atoms with Gasteiger partial charge in [-0.3, -0.25) is 14.6 Å². The predicted molar refractivity (Wildman–Crippen MR) is 95.7 cm³/mol. The van der Waals surface area contributed by atoms with Crippen LogP contribution in [0, 0.1) is 0 Å². The fourth-order valence-corrected chi connectivity index (χ4v) is 3.15. The molecule has 0 spiro atoms. The van der Waals surface area contributed by atoms with Crippen molar-refractivity contribution in [1.82, 2.24) is 14.8 Å². The normalized spacial score (nSPS) is 23.2. The molecule has 1 fully saturated rings. The number of hydrogen-bond acceptors (Lipinski definition) is 5. The Morgan fingerprint density at radius 3 is 2.80 bits per heavy atom. The summed E-state index contributed by atoms with van der Waals surface area (Å²) in [6.45, 7) is 10.8. The Morgan fingerprint density at radius 2 is 2.16 bits per heavy atom. The first-order valence-electron chi connectivity index (χ1n) is 8.23. The number of likely N-dealkylation sites (N-methyl/N-ethyl adjacent to an activating group) is 1. The van der Waals surface area contributed by atoms with Gasteiger partial charge in [-0.05, 0) is 20.8 Å². The molecule has 0 radical (unpaired) electrons. The molecule has 3 aliphatic heterocycles. The maximum atomic E-state index is 13.0. The van der Waals surface area contributed by atoms with Crippen LogP contribution in [-0.4, -0.2) is 81.6 Å². The number of amides is 3. The third-order valence-corrected chi connectivity index (χ3v) is 4.25. The van der Waals surface area contributed by atoms with Gasteiger partial charge in [-0.25, -0.2) is 9.37 Å². The van der Waals surface area contributed by atoms with Crippen LogP contribution in [0.5, 0.6) is 0 Å². The van der Waals surface area contributed by atoms with Crippen molar-refractivity contribution in [2.75, 3.05) is 26.7 Å². The van der Waals surface area contributed by atoms with Crippen molar-refractivity contribution in [2.45, 2.75) is 26.8 Å². The van der Waals surface area contributed by atoms with Crippen LogP contribution in [0.4, 0.5) is 4.79 Å². The number of hydrazone groups is 1. The maximum absolute atomic E-state index is 13.0. The molecule has 0 saturated carbocycles. The predicted octanol–water partition coefficient (Wildman–Crippen LogP) is 0.873. The van der Waals surface area contributed by atoms with Crippen molar-refractivity contribution in [3.8, 4) is 0 Å². The zero-order valence-corrected chi connectivity index (χ0v) is 15.1. The van der Waals surface area contributed by atoms with Crippen LogP contribution >= 0.6 is 0 Å². The smallest absolute Gasteiger partial charge is 0.270 e. The Bertz CT molecular complexity index is 776. The van der Waals surface area contributed by atoms with Crippen LogP contribution < -0.4 is 0 Å². The summed E-state index contributed by atoms with van der Waals surface area (Å²) in [5.74, 6) is 0.799. The number of hydrogen-bond donors (Lipinski definition) is 0. The summed E-state index contributed by atoms with van der Waals surface area (Å²) in [6, 6.07) is -0.975. The Kier molecular flexibility index (Phi) is 4.28. The van der Waals surface area contributed by atoms with Crippen molar-refractivity contribution < 1.29 is 14.2 Å². The number of fused-ring (bicyclic) bond motifs is 2. The Labute approximate surface area is 147 Å².